The van der Waals surface area contributed by atoms with Gasteiger partial charge in [-0.25, -0.2) is 35.2 Å². The van der Waals surface area contributed by atoms with E-state index in [0.717, 1.165) is 84.1 Å². The molecular weight excluding hydrogens is 1090 g/mol. The average Bonchev–Trinajstić information content (AvgIpc) is 3.99. The van der Waals surface area contributed by atoms with Crippen molar-refractivity contribution < 1.29 is 94.2 Å². The number of halogens is 13. The highest BCUT2D eigenvalue weighted by atomic mass is 35.5. The molecule has 0 amide bonds. The quantitative estimate of drug-likeness (QED) is 0.0898. The molecule has 0 atom stereocenters. The van der Waals surface area contributed by atoms with Crippen molar-refractivity contribution in [3.63, 3.8) is 0 Å². The zero-order chi connectivity index (χ0) is 52.3. The van der Waals surface area contributed by atoms with Crippen LogP contribution in [0.4, 0.5) is 52.8 Å². The molecule has 0 saturated carbocycles. The van der Waals surface area contributed by atoms with E-state index < -0.39 is 103 Å². The van der Waals surface area contributed by atoms with Crippen LogP contribution in [0.25, 0.3) is 30.3 Å². The number of carbonyl (C=O) groups excluding carboxylic acids is 1. The molecule has 0 aliphatic rings. The van der Waals surface area contributed by atoms with E-state index >= 15 is 0 Å². The normalized spacial score (nSPS) is 12.1. The number of sulfonamides is 2. The number of hydrogen-bond acceptors (Lipinski definition) is 10. The van der Waals surface area contributed by atoms with Crippen molar-refractivity contribution in [2.24, 2.45) is 0 Å². The second kappa shape index (κ2) is 21.1. The summed E-state index contributed by atoms with van der Waals surface area (Å²) in [5, 5.41) is 16.7. The van der Waals surface area contributed by atoms with Crippen molar-refractivity contribution in [1.29, 1.82) is 0 Å². The van der Waals surface area contributed by atoms with E-state index in [1.54, 1.807) is 0 Å². The fourth-order valence-corrected chi connectivity index (χ4v) is 11.5. The highest BCUT2D eigenvalue weighted by Gasteiger charge is 2.38. The Bertz CT molecular complexity index is 3290. The van der Waals surface area contributed by atoms with E-state index in [1.165, 1.54) is 48.5 Å². The van der Waals surface area contributed by atoms with E-state index in [4.69, 9.17) is 21.8 Å². The van der Waals surface area contributed by atoms with Crippen LogP contribution >= 0.6 is 45.6 Å². The largest absolute Gasteiger partial charge is 0.477 e. The maximum atomic E-state index is 14.0. The molecule has 0 fully saturated rings. The topological polar surface area (TPSA) is 163 Å². The minimum atomic E-state index is -4.77. The third-order valence-corrected chi connectivity index (χ3v) is 16.1. The number of carbonyl (C=O) groups is 3. The summed E-state index contributed by atoms with van der Waals surface area (Å²) in [6.07, 6.45) is -13.4. The highest BCUT2D eigenvalue weighted by molar-refractivity contribution is 8.03. The van der Waals surface area contributed by atoms with E-state index in [-0.39, 0.29) is 29.9 Å². The van der Waals surface area contributed by atoms with Crippen LogP contribution in [0.2, 0.25) is 0 Å². The van der Waals surface area contributed by atoms with E-state index in [2.05, 4.69) is 0 Å². The molecular formula is C42H22ClF12NO9S5. The van der Waals surface area contributed by atoms with E-state index in [0.29, 0.717) is 32.8 Å². The van der Waals surface area contributed by atoms with Crippen LogP contribution in [-0.4, -0.2) is 48.2 Å². The van der Waals surface area contributed by atoms with Crippen molar-refractivity contribution in [2.75, 3.05) is 0 Å². The first-order valence-corrected chi connectivity index (χ1v) is 24.0. The lowest BCUT2D eigenvalue weighted by Gasteiger charge is -2.12. The van der Waals surface area contributed by atoms with Gasteiger partial charge in [0.05, 0.1) is 30.4 Å². The predicted molar refractivity (Wildman–Crippen MR) is 235 cm³/mol. The van der Waals surface area contributed by atoms with Gasteiger partial charge in [-0.2, -0.15) is 39.5 Å². The predicted octanol–water partition coefficient (Wildman–Crippen LogP) is 13.8. The second-order valence-corrected chi connectivity index (χ2v) is 20.7. The molecule has 5 aromatic carbocycles. The van der Waals surface area contributed by atoms with Crippen molar-refractivity contribution in [3.8, 4) is 0 Å². The van der Waals surface area contributed by atoms with Gasteiger partial charge < -0.3 is 10.2 Å². The van der Waals surface area contributed by atoms with Crippen molar-refractivity contribution in [2.45, 2.75) is 28.3 Å². The molecule has 10 nitrogen and oxygen atoms in total. The van der Waals surface area contributed by atoms with Crippen LogP contribution in [0.15, 0.2) is 131 Å². The first-order valence-electron chi connectivity index (χ1n) is 18.3. The van der Waals surface area contributed by atoms with Crippen molar-refractivity contribution >= 4 is 113 Å². The number of rotatable bonds is 7. The van der Waals surface area contributed by atoms with Gasteiger partial charge in [0, 0.05) is 24.9 Å². The SMILES string of the molecule is O=C(Cl)c1sc2cc(C(F)(F)F)ccc2c1F.O=C(O)c1cc2ccc(C(F)(F)F)cc2s1.O=C(O)c1sc2cc(C(F)(F)F)ccc2c1F.O=S(=O)(c1ccccc1)N(F)S(=O)(=O)c1ccccc1. The number of carboxylic acid groups (broad SMARTS) is 2. The molecule has 0 bridgehead atoms. The van der Waals surface area contributed by atoms with Crippen molar-refractivity contribution in [1.82, 2.24) is 3.93 Å². The Kier molecular flexibility index (Phi) is 16.5. The van der Waals surface area contributed by atoms with E-state index in [9.17, 15) is 84.0 Å². The lowest BCUT2D eigenvalue weighted by molar-refractivity contribution is -0.138. The zero-order valence-corrected chi connectivity index (χ0v) is 38.5. The summed E-state index contributed by atoms with van der Waals surface area (Å²) >= 11 is 7.05. The Morgan fingerprint density at radius 2 is 0.871 bits per heavy atom. The number of carboxylic acids is 2. The Morgan fingerprint density at radius 3 is 1.24 bits per heavy atom. The van der Waals surface area contributed by atoms with E-state index in [1.807, 2.05) is 0 Å². The summed E-state index contributed by atoms with van der Waals surface area (Å²) in [5.41, 5.74) is -2.58. The molecule has 2 N–H and O–H groups in total. The first kappa shape index (κ1) is 54.8. The molecule has 0 saturated heterocycles. The molecule has 0 radical (unpaired) electrons. The maximum absolute atomic E-state index is 14.0. The number of aromatic carboxylic acids is 2. The van der Waals surface area contributed by atoms with Gasteiger partial charge in [-0.3, -0.25) is 4.79 Å². The summed E-state index contributed by atoms with van der Waals surface area (Å²) in [6, 6.07) is 22.5. The van der Waals surface area contributed by atoms with Crippen LogP contribution < -0.4 is 0 Å². The van der Waals surface area contributed by atoms with Crippen LogP contribution in [0.5, 0.6) is 0 Å². The van der Waals surface area contributed by atoms with Gasteiger partial charge in [-0.05, 0) is 95.8 Å². The molecule has 3 aromatic heterocycles. The third-order valence-electron chi connectivity index (χ3n) is 8.80. The highest BCUT2D eigenvalue weighted by Crippen LogP contribution is 2.39. The monoisotopic (exact) mass is 1110 g/mol. The minimum absolute atomic E-state index is 0.0327. The van der Waals surface area contributed by atoms with Crippen molar-refractivity contribution in [3.05, 3.63) is 164 Å². The summed E-state index contributed by atoms with van der Waals surface area (Å²) in [7, 11) is -9.53. The molecule has 3 heterocycles. The third kappa shape index (κ3) is 12.6. The number of benzene rings is 5. The summed E-state index contributed by atoms with van der Waals surface area (Å²) in [4.78, 5) is 30.3. The molecule has 70 heavy (non-hydrogen) atoms. The van der Waals surface area contributed by atoms with Gasteiger partial charge in [0.25, 0.3) is 25.3 Å². The first-order chi connectivity index (χ1) is 32.3. The van der Waals surface area contributed by atoms with Gasteiger partial charge in [-0.15, -0.1) is 38.5 Å². The second-order valence-electron chi connectivity index (χ2n) is 13.4. The average molecular weight is 1110 g/mol. The zero-order valence-electron chi connectivity index (χ0n) is 33.7. The Labute approximate surface area is 401 Å². The fraction of sp³-hybridized carbons (Fsp3) is 0.0714. The van der Waals surface area contributed by atoms with Gasteiger partial charge in [0.2, 0.25) is 0 Å². The Hall–Kier alpha value is -6.10. The molecule has 0 unspecified atom stereocenters. The van der Waals surface area contributed by atoms with Gasteiger partial charge >= 0.3 is 30.5 Å². The molecule has 8 rings (SSSR count). The lowest BCUT2D eigenvalue weighted by atomic mass is 10.1. The van der Waals surface area contributed by atoms with Crippen LogP contribution in [0.3, 0.4) is 0 Å². The smallest absolute Gasteiger partial charge is 0.416 e. The maximum Gasteiger partial charge on any atom is 0.416 e. The fourth-order valence-electron chi connectivity index (χ4n) is 5.54. The molecule has 28 heteroatoms. The number of nitrogens with zero attached hydrogens (tertiary/aromatic N) is 1. The Balaban J connectivity index is 0.000000174. The van der Waals surface area contributed by atoms with Crippen LogP contribution in [0, 0.1) is 11.6 Å². The number of fused-ring (bicyclic) bond motifs is 3. The molecule has 0 aliphatic heterocycles. The Morgan fingerprint density at radius 1 is 0.500 bits per heavy atom. The lowest BCUT2D eigenvalue weighted by Crippen LogP contribution is -2.29. The molecule has 8 aromatic rings. The number of alkyl halides is 9. The minimum Gasteiger partial charge on any atom is -0.477 e. The standard InChI is InChI=1S/C12H10FNO4S2.C10H3ClF4OS.C10H4F4O2S.C10H5F3O2S/c13-14(19(15,16)11-7-3-1-4-8-11)20(17,18)12-9-5-2-6-10-12;11-9(16)8-7(12)5-2-1-4(10(13,14)15)3-6(5)17-8;11-7-5-2-1-4(10(12,13)14)3-6(5)17-8(7)9(15)16;11-10(12,13)6-2-1-5-3-8(9(14)15)16-7(5)4-6/h1-10H;1-3H;1-3H,(H,15,16);1-4H,(H,14,15). The molecule has 0 aliphatic carbocycles. The number of hydrogen-bond donors (Lipinski definition) is 2. The molecule has 0 spiro atoms. The van der Waals surface area contributed by atoms with Gasteiger partial charge in [-0.1, -0.05) is 42.5 Å². The summed E-state index contributed by atoms with van der Waals surface area (Å²) in [6.45, 7) is 0. The van der Waals surface area contributed by atoms with Crippen LogP contribution in [0.1, 0.15) is 45.7 Å². The van der Waals surface area contributed by atoms with Gasteiger partial charge in [0.15, 0.2) is 11.6 Å². The van der Waals surface area contributed by atoms with Crippen LogP contribution in [-0.2, 0) is 38.6 Å². The summed E-state index contributed by atoms with van der Waals surface area (Å²) < 4.78 is 199. The summed E-state index contributed by atoms with van der Waals surface area (Å²) in [5.74, 6) is -4.49. The number of thiophene rings is 3. The molecule has 370 valence electrons. The van der Waals surface area contributed by atoms with Gasteiger partial charge in [0.1, 0.15) is 14.6 Å².